The summed E-state index contributed by atoms with van der Waals surface area (Å²) in [6.07, 6.45) is 3.27. The van der Waals surface area contributed by atoms with Gasteiger partial charge in [0.2, 0.25) is 0 Å². The van der Waals surface area contributed by atoms with E-state index in [2.05, 4.69) is 15.6 Å². The molecule has 2 aromatic rings. The number of nitrogens with one attached hydrogen (secondary N) is 2. The van der Waals surface area contributed by atoms with Crippen molar-refractivity contribution in [3.63, 3.8) is 0 Å². The molecule has 0 aliphatic rings. The fraction of sp³-hybridized carbons (Fsp3) is 0.133. The predicted molar refractivity (Wildman–Crippen MR) is 76.4 cm³/mol. The Bertz CT molecular complexity index is 602. The predicted octanol–water partition coefficient (Wildman–Crippen LogP) is 1.71. The first-order valence-corrected chi connectivity index (χ1v) is 6.38. The summed E-state index contributed by atoms with van der Waals surface area (Å²) >= 11 is 0. The molecule has 21 heavy (non-hydrogen) atoms. The van der Waals surface area contributed by atoms with Crippen molar-refractivity contribution < 1.29 is 14.7 Å². The van der Waals surface area contributed by atoms with Crippen LogP contribution in [0.4, 0.5) is 4.79 Å². The normalized spacial score (nSPS) is 11.4. The molecule has 108 valence electrons. The lowest BCUT2D eigenvalue weighted by Gasteiger charge is -2.15. The lowest BCUT2D eigenvalue weighted by atomic mass is 10.1. The number of benzene rings is 1. The summed E-state index contributed by atoms with van der Waals surface area (Å²) in [6.45, 7) is 0.279. The molecule has 1 unspecified atom stereocenters. The Morgan fingerprint density at radius 1 is 1.14 bits per heavy atom. The third-order valence-electron chi connectivity index (χ3n) is 2.83. The summed E-state index contributed by atoms with van der Waals surface area (Å²) in [4.78, 5) is 27.0. The fourth-order valence-corrected chi connectivity index (χ4v) is 1.80. The Balaban J connectivity index is 1.95. The van der Waals surface area contributed by atoms with E-state index in [0.717, 1.165) is 5.56 Å². The number of hydrogen-bond acceptors (Lipinski definition) is 3. The van der Waals surface area contributed by atoms with E-state index in [1.807, 2.05) is 6.07 Å². The SMILES string of the molecule is O=C(NCc1cccnc1)NC(C(=O)O)c1ccccc1. The first-order chi connectivity index (χ1) is 10.2. The van der Waals surface area contributed by atoms with Gasteiger partial charge in [0.05, 0.1) is 0 Å². The van der Waals surface area contributed by atoms with Crippen molar-refractivity contribution in [1.82, 2.24) is 15.6 Å². The van der Waals surface area contributed by atoms with Gasteiger partial charge in [-0.1, -0.05) is 36.4 Å². The van der Waals surface area contributed by atoms with Gasteiger partial charge in [-0.05, 0) is 17.2 Å². The van der Waals surface area contributed by atoms with Crippen LogP contribution in [0, 0.1) is 0 Å². The lowest BCUT2D eigenvalue weighted by molar-refractivity contribution is -0.139. The number of aliphatic carboxylic acids is 1. The average molecular weight is 285 g/mol. The highest BCUT2D eigenvalue weighted by Crippen LogP contribution is 2.12. The number of carbonyl (C=O) groups excluding carboxylic acids is 1. The minimum atomic E-state index is -1.11. The molecular weight excluding hydrogens is 270 g/mol. The number of urea groups is 1. The number of carbonyl (C=O) groups is 2. The number of carboxylic acid groups (broad SMARTS) is 1. The molecule has 0 bridgehead atoms. The van der Waals surface area contributed by atoms with Gasteiger partial charge < -0.3 is 15.7 Å². The number of rotatable bonds is 5. The van der Waals surface area contributed by atoms with Crippen LogP contribution in [0.25, 0.3) is 0 Å². The van der Waals surface area contributed by atoms with E-state index >= 15 is 0 Å². The number of carboxylic acids is 1. The first kappa shape index (κ1) is 14.5. The maximum atomic E-state index is 11.8. The highest BCUT2D eigenvalue weighted by Gasteiger charge is 2.21. The van der Waals surface area contributed by atoms with Gasteiger partial charge in [0.25, 0.3) is 0 Å². The Kier molecular flexibility index (Phi) is 4.87. The van der Waals surface area contributed by atoms with E-state index in [4.69, 9.17) is 0 Å². The summed E-state index contributed by atoms with van der Waals surface area (Å²) < 4.78 is 0. The third-order valence-corrected chi connectivity index (χ3v) is 2.83. The molecule has 1 aromatic carbocycles. The molecule has 0 aliphatic carbocycles. The Morgan fingerprint density at radius 3 is 2.52 bits per heavy atom. The van der Waals surface area contributed by atoms with Crippen LogP contribution in [0.3, 0.4) is 0 Å². The van der Waals surface area contributed by atoms with Crippen molar-refractivity contribution in [3.8, 4) is 0 Å². The van der Waals surface area contributed by atoms with Crippen LogP contribution in [0.1, 0.15) is 17.2 Å². The molecule has 0 saturated carbocycles. The molecule has 2 rings (SSSR count). The molecule has 1 aromatic heterocycles. The summed E-state index contributed by atoms with van der Waals surface area (Å²) in [7, 11) is 0. The van der Waals surface area contributed by atoms with Crippen molar-refractivity contribution in [2.24, 2.45) is 0 Å². The van der Waals surface area contributed by atoms with E-state index in [1.165, 1.54) is 0 Å². The van der Waals surface area contributed by atoms with Crippen LogP contribution in [0.15, 0.2) is 54.9 Å². The van der Waals surface area contributed by atoms with Crippen LogP contribution < -0.4 is 10.6 Å². The quantitative estimate of drug-likeness (QED) is 0.780. The molecule has 0 radical (unpaired) electrons. The van der Waals surface area contributed by atoms with Gasteiger partial charge >= 0.3 is 12.0 Å². The largest absolute Gasteiger partial charge is 0.479 e. The van der Waals surface area contributed by atoms with Gasteiger partial charge in [0.1, 0.15) is 0 Å². The van der Waals surface area contributed by atoms with Crippen LogP contribution in [0.2, 0.25) is 0 Å². The topological polar surface area (TPSA) is 91.3 Å². The maximum absolute atomic E-state index is 11.8. The zero-order chi connectivity index (χ0) is 15.1. The van der Waals surface area contributed by atoms with Crippen LogP contribution in [0.5, 0.6) is 0 Å². The zero-order valence-corrected chi connectivity index (χ0v) is 11.2. The molecule has 0 spiro atoms. The van der Waals surface area contributed by atoms with E-state index < -0.39 is 18.0 Å². The van der Waals surface area contributed by atoms with Crippen LogP contribution in [-0.2, 0) is 11.3 Å². The third kappa shape index (κ3) is 4.31. The van der Waals surface area contributed by atoms with Gasteiger partial charge in [-0.15, -0.1) is 0 Å². The van der Waals surface area contributed by atoms with Crippen LogP contribution in [-0.4, -0.2) is 22.1 Å². The minimum Gasteiger partial charge on any atom is -0.479 e. The second kappa shape index (κ2) is 7.04. The van der Waals surface area contributed by atoms with Crippen molar-refractivity contribution in [2.45, 2.75) is 12.6 Å². The molecule has 0 saturated heterocycles. The van der Waals surface area contributed by atoms with Crippen molar-refractivity contribution in [3.05, 3.63) is 66.0 Å². The van der Waals surface area contributed by atoms with Gasteiger partial charge in [-0.3, -0.25) is 4.98 Å². The molecule has 3 N–H and O–H groups in total. The molecule has 2 amide bonds. The lowest BCUT2D eigenvalue weighted by Crippen LogP contribution is -2.40. The van der Waals surface area contributed by atoms with Crippen LogP contribution >= 0.6 is 0 Å². The zero-order valence-electron chi connectivity index (χ0n) is 11.2. The molecule has 6 nitrogen and oxygen atoms in total. The summed E-state index contributed by atoms with van der Waals surface area (Å²) in [5.74, 6) is -1.11. The molecule has 1 atom stereocenters. The van der Waals surface area contributed by atoms with Crippen molar-refractivity contribution >= 4 is 12.0 Å². The van der Waals surface area contributed by atoms with Crippen molar-refractivity contribution in [1.29, 1.82) is 0 Å². The number of nitrogens with zero attached hydrogens (tertiary/aromatic N) is 1. The standard InChI is InChI=1S/C15H15N3O3/c19-14(20)13(12-6-2-1-3-7-12)18-15(21)17-10-11-5-4-8-16-9-11/h1-9,13H,10H2,(H,19,20)(H2,17,18,21). The Labute approximate surface area is 121 Å². The fourth-order valence-electron chi connectivity index (χ4n) is 1.80. The van der Waals surface area contributed by atoms with E-state index in [0.29, 0.717) is 5.56 Å². The minimum absolute atomic E-state index is 0.279. The van der Waals surface area contributed by atoms with Gasteiger partial charge in [0.15, 0.2) is 6.04 Å². The summed E-state index contributed by atoms with van der Waals surface area (Å²) in [6, 6.07) is 10.5. The number of aromatic nitrogens is 1. The molecule has 0 aliphatic heterocycles. The van der Waals surface area contributed by atoms with Gasteiger partial charge in [-0.2, -0.15) is 0 Å². The van der Waals surface area contributed by atoms with Crippen molar-refractivity contribution in [2.75, 3.05) is 0 Å². The summed E-state index contributed by atoms with van der Waals surface area (Å²) in [5.41, 5.74) is 1.35. The monoisotopic (exact) mass is 285 g/mol. The molecule has 0 fully saturated rings. The smallest absolute Gasteiger partial charge is 0.330 e. The second-order valence-corrected chi connectivity index (χ2v) is 4.37. The van der Waals surface area contributed by atoms with E-state index in [1.54, 1.807) is 48.8 Å². The molecular formula is C15H15N3O3. The Hall–Kier alpha value is -2.89. The van der Waals surface area contributed by atoms with Gasteiger partial charge in [-0.25, -0.2) is 9.59 Å². The Morgan fingerprint density at radius 2 is 1.90 bits per heavy atom. The number of amides is 2. The number of pyridine rings is 1. The highest BCUT2D eigenvalue weighted by atomic mass is 16.4. The number of hydrogen-bond donors (Lipinski definition) is 3. The van der Waals surface area contributed by atoms with E-state index in [-0.39, 0.29) is 6.54 Å². The highest BCUT2D eigenvalue weighted by molar-refractivity contribution is 5.83. The maximum Gasteiger partial charge on any atom is 0.330 e. The molecule has 6 heteroatoms. The summed E-state index contributed by atoms with van der Waals surface area (Å²) in [5, 5.41) is 14.2. The average Bonchev–Trinajstić information content (AvgIpc) is 2.52. The van der Waals surface area contributed by atoms with Gasteiger partial charge in [0, 0.05) is 18.9 Å². The molecule has 1 heterocycles. The second-order valence-electron chi connectivity index (χ2n) is 4.37. The van der Waals surface area contributed by atoms with E-state index in [9.17, 15) is 14.7 Å². The first-order valence-electron chi connectivity index (χ1n) is 6.38.